The number of hydrogen-bond donors (Lipinski definition) is 1. The number of rotatable bonds is 4. The predicted octanol–water partition coefficient (Wildman–Crippen LogP) is 2.65. The lowest BCUT2D eigenvalue weighted by Gasteiger charge is -2.43. The summed E-state index contributed by atoms with van der Waals surface area (Å²) < 4.78 is 0. The van der Waals surface area contributed by atoms with Crippen molar-refractivity contribution in [2.75, 3.05) is 26.2 Å². The quantitative estimate of drug-likeness (QED) is 0.893. The van der Waals surface area contributed by atoms with Crippen LogP contribution >= 0.6 is 0 Å². The normalized spacial score (nSPS) is 28.5. The topological polar surface area (TPSA) is 15.3 Å². The highest BCUT2D eigenvalue weighted by molar-refractivity contribution is 5.40. The molecule has 1 fully saturated rings. The van der Waals surface area contributed by atoms with E-state index in [1.807, 2.05) is 0 Å². The van der Waals surface area contributed by atoms with Crippen molar-refractivity contribution in [2.24, 2.45) is 5.92 Å². The average molecular weight is 258 g/mol. The first-order valence-corrected chi connectivity index (χ1v) is 7.82. The fourth-order valence-corrected chi connectivity index (χ4v) is 3.64. The van der Waals surface area contributed by atoms with Gasteiger partial charge < -0.3 is 5.32 Å². The summed E-state index contributed by atoms with van der Waals surface area (Å²) >= 11 is 0. The molecule has 104 valence electrons. The van der Waals surface area contributed by atoms with E-state index in [1.54, 1.807) is 11.1 Å². The third-order valence-corrected chi connectivity index (χ3v) is 5.12. The van der Waals surface area contributed by atoms with Crippen molar-refractivity contribution >= 4 is 0 Å². The molecular weight excluding hydrogens is 232 g/mol. The molecule has 0 saturated carbocycles. The van der Waals surface area contributed by atoms with Crippen molar-refractivity contribution in [1.29, 1.82) is 0 Å². The molecule has 1 aliphatic carbocycles. The second kappa shape index (κ2) is 5.64. The third-order valence-electron chi connectivity index (χ3n) is 5.12. The first kappa shape index (κ1) is 13.1. The predicted molar refractivity (Wildman–Crippen MR) is 80.6 cm³/mol. The van der Waals surface area contributed by atoms with Gasteiger partial charge in [0.2, 0.25) is 0 Å². The van der Waals surface area contributed by atoms with Gasteiger partial charge in [0, 0.05) is 38.1 Å². The lowest BCUT2D eigenvalue weighted by Crippen LogP contribution is -2.55. The Labute approximate surface area is 117 Å². The van der Waals surface area contributed by atoms with Crippen LogP contribution in [0.3, 0.4) is 0 Å². The van der Waals surface area contributed by atoms with Crippen LogP contribution in [-0.4, -0.2) is 37.1 Å². The van der Waals surface area contributed by atoms with Crippen molar-refractivity contribution in [2.45, 2.75) is 38.6 Å². The van der Waals surface area contributed by atoms with Crippen molar-refractivity contribution in [3.05, 3.63) is 35.4 Å². The van der Waals surface area contributed by atoms with E-state index in [0.29, 0.717) is 0 Å². The highest BCUT2D eigenvalue weighted by Crippen LogP contribution is 2.36. The highest BCUT2D eigenvalue weighted by Gasteiger charge is 2.32. The third kappa shape index (κ3) is 2.56. The molecule has 0 amide bonds. The largest absolute Gasteiger partial charge is 0.314 e. The molecule has 2 nitrogen and oxygen atoms in total. The second-order valence-corrected chi connectivity index (χ2v) is 6.25. The summed E-state index contributed by atoms with van der Waals surface area (Å²) in [6.07, 6.45) is 2.57. The van der Waals surface area contributed by atoms with E-state index < -0.39 is 0 Å². The molecule has 0 bridgehead atoms. The number of piperazine rings is 1. The fraction of sp³-hybridized carbons (Fsp3) is 0.647. The minimum atomic E-state index is 0.728. The Morgan fingerprint density at radius 1 is 1.37 bits per heavy atom. The van der Waals surface area contributed by atoms with Crippen molar-refractivity contribution in [3.8, 4) is 0 Å². The van der Waals surface area contributed by atoms with Crippen LogP contribution in [0, 0.1) is 5.92 Å². The number of benzene rings is 1. The van der Waals surface area contributed by atoms with Gasteiger partial charge in [0.25, 0.3) is 0 Å². The van der Waals surface area contributed by atoms with Gasteiger partial charge in [0.1, 0.15) is 0 Å². The second-order valence-electron chi connectivity index (χ2n) is 6.25. The zero-order chi connectivity index (χ0) is 13.2. The molecule has 0 radical (unpaired) electrons. The van der Waals surface area contributed by atoms with Gasteiger partial charge in [-0.2, -0.15) is 0 Å². The van der Waals surface area contributed by atoms with Gasteiger partial charge in [-0.3, -0.25) is 4.90 Å². The molecule has 0 aromatic heterocycles. The van der Waals surface area contributed by atoms with Crippen LogP contribution in [0.15, 0.2) is 24.3 Å². The molecule has 3 unspecified atom stereocenters. The van der Waals surface area contributed by atoms with Gasteiger partial charge >= 0.3 is 0 Å². The maximum atomic E-state index is 3.57. The molecule has 1 aromatic carbocycles. The Balaban J connectivity index is 1.66. The lowest BCUT2D eigenvalue weighted by atomic mass is 9.77. The molecule has 2 heteroatoms. The molecule has 2 aliphatic rings. The maximum absolute atomic E-state index is 3.57. The smallest absolute Gasteiger partial charge is 0.0246 e. The molecule has 1 N–H and O–H groups in total. The van der Waals surface area contributed by atoms with Gasteiger partial charge in [0.15, 0.2) is 0 Å². The minimum absolute atomic E-state index is 0.728. The first-order valence-electron chi connectivity index (χ1n) is 7.82. The van der Waals surface area contributed by atoms with Crippen LogP contribution < -0.4 is 5.32 Å². The zero-order valence-electron chi connectivity index (χ0n) is 12.2. The summed E-state index contributed by atoms with van der Waals surface area (Å²) in [6, 6.07) is 9.70. The number of nitrogens with one attached hydrogen (secondary N) is 1. The minimum Gasteiger partial charge on any atom is -0.314 e. The summed E-state index contributed by atoms with van der Waals surface area (Å²) in [5.41, 5.74) is 3.17. The Morgan fingerprint density at radius 2 is 2.21 bits per heavy atom. The molecular formula is C17H26N2. The standard InChI is InChI=1S/C17H26N2/c1-3-13(2)17-11-18-8-9-19(17)12-15-10-14-6-4-5-7-16(14)15/h4-7,13,15,17-18H,3,8-12H2,1-2H3. The monoisotopic (exact) mass is 258 g/mol. The first-order chi connectivity index (χ1) is 9.29. The number of nitrogens with zero attached hydrogens (tertiary/aromatic N) is 1. The summed E-state index contributed by atoms with van der Waals surface area (Å²) in [5.74, 6) is 1.57. The van der Waals surface area contributed by atoms with Crippen LogP contribution in [0.4, 0.5) is 0 Å². The summed E-state index contributed by atoms with van der Waals surface area (Å²) in [7, 11) is 0. The van der Waals surface area contributed by atoms with Gasteiger partial charge in [-0.15, -0.1) is 0 Å². The molecule has 1 saturated heterocycles. The van der Waals surface area contributed by atoms with E-state index in [9.17, 15) is 0 Å². The lowest BCUT2D eigenvalue weighted by molar-refractivity contribution is 0.106. The Hall–Kier alpha value is -0.860. The highest BCUT2D eigenvalue weighted by atomic mass is 15.2. The molecule has 0 spiro atoms. The maximum Gasteiger partial charge on any atom is 0.0246 e. The summed E-state index contributed by atoms with van der Waals surface area (Å²) in [5, 5.41) is 3.57. The van der Waals surface area contributed by atoms with Gasteiger partial charge in [-0.1, -0.05) is 44.5 Å². The zero-order valence-corrected chi connectivity index (χ0v) is 12.2. The van der Waals surface area contributed by atoms with Crippen molar-refractivity contribution < 1.29 is 0 Å². The Morgan fingerprint density at radius 3 is 3.00 bits per heavy atom. The van der Waals surface area contributed by atoms with E-state index in [1.165, 1.54) is 32.5 Å². The van der Waals surface area contributed by atoms with Crippen LogP contribution in [0.2, 0.25) is 0 Å². The number of hydrogen-bond acceptors (Lipinski definition) is 2. The molecule has 1 aliphatic heterocycles. The molecule has 3 atom stereocenters. The van der Waals surface area contributed by atoms with Gasteiger partial charge in [-0.25, -0.2) is 0 Å². The van der Waals surface area contributed by atoms with Crippen LogP contribution in [0.25, 0.3) is 0 Å². The molecule has 3 rings (SSSR count). The van der Waals surface area contributed by atoms with E-state index >= 15 is 0 Å². The summed E-state index contributed by atoms with van der Waals surface area (Å²) in [6.45, 7) is 9.52. The average Bonchev–Trinajstić information content (AvgIpc) is 2.44. The van der Waals surface area contributed by atoms with E-state index in [2.05, 4.69) is 48.3 Å². The molecule has 19 heavy (non-hydrogen) atoms. The number of fused-ring (bicyclic) bond motifs is 1. The van der Waals surface area contributed by atoms with E-state index in [4.69, 9.17) is 0 Å². The van der Waals surface area contributed by atoms with Crippen molar-refractivity contribution in [1.82, 2.24) is 10.2 Å². The Bertz CT molecular complexity index is 429. The van der Waals surface area contributed by atoms with Crippen LogP contribution in [0.1, 0.15) is 37.3 Å². The van der Waals surface area contributed by atoms with Crippen LogP contribution in [-0.2, 0) is 6.42 Å². The van der Waals surface area contributed by atoms with E-state index in [-0.39, 0.29) is 0 Å². The van der Waals surface area contributed by atoms with Crippen molar-refractivity contribution in [3.63, 3.8) is 0 Å². The molecule has 1 heterocycles. The molecule has 1 aromatic rings. The Kier molecular flexibility index (Phi) is 3.90. The van der Waals surface area contributed by atoms with Gasteiger partial charge in [-0.05, 0) is 23.5 Å². The van der Waals surface area contributed by atoms with Crippen LogP contribution in [0.5, 0.6) is 0 Å². The SMILES string of the molecule is CCC(C)C1CNCCN1CC1Cc2ccccc21. The summed E-state index contributed by atoms with van der Waals surface area (Å²) in [4.78, 5) is 2.74. The van der Waals surface area contributed by atoms with Gasteiger partial charge in [0.05, 0.1) is 0 Å². The fourth-order valence-electron chi connectivity index (χ4n) is 3.64. The van der Waals surface area contributed by atoms with E-state index in [0.717, 1.165) is 24.4 Å².